The monoisotopic (exact) mass is 268 g/mol. The second-order valence-electron chi connectivity index (χ2n) is 5.88. The highest BCUT2D eigenvalue weighted by Gasteiger charge is 2.54. The van der Waals surface area contributed by atoms with E-state index < -0.39 is 0 Å². The van der Waals surface area contributed by atoms with Crippen LogP contribution in [0.4, 0.5) is 0 Å². The molecule has 2 bridgehead atoms. The third kappa shape index (κ3) is 1.70. The van der Waals surface area contributed by atoms with Gasteiger partial charge in [0.1, 0.15) is 17.9 Å². The third-order valence-corrected chi connectivity index (χ3v) is 4.88. The summed E-state index contributed by atoms with van der Waals surface area (Å²) in [6.45, 7) is 0.0812. The van der Waals surface area contributed by atoms with Gasteiger partial charge < -0.3 is 9.57 Å². The highest BCUT2D eigenvalue weighted by Crippen LogP contribution is 2.53. The van der Waals surface area contributed by atoms with Gasteiger partial charge >= 0.3 is 0 Å². The molecular formula is C16H16N2O2. The summed E-state index contributed by atoms with van der Waals surface area (Å²) in [4.78, 5) is 5.69. The van der Waals surface area contributed by atoms with Crippen LogP contribution in [0.1, 0.15) is 24.8 Å². The van der Waals surface area contributed by atoms with Crippen LogP contribution in [0.5, 0.6) is 5.75 Å². The molecule has 0 amide bonds. The first-order valence-electron chi connectivity index (χ1n) is 7.20. The number of rotatable bonds is 3. The molecule has 1 aromatic carbocycles. The van der Waals surface area contributed by atoms with Gasteiger partial charge in [0, 0.05) is 11.5 Å². The molecule has 20 heavy (non-hydrogen) atoms. The summed E-state index contributed by atoms with van der Waals surface area (Å²) in [5, 5.41) is 12.9. The zero-order chi connectivity index (χ0) is 13.5. The van der Waals surface area contributed by atoms with Crippen LogP contribution >= 0.6 is 0 Å². The van der Waals surface area contributed by atoms with E-state index in [0.29, 0.717) is 17.9 Å². The molecule has 0 saturated heterocycles. The molecule has 0 unspecified atom stereocenters. The fourth-order valence-corrected chi connectivity index (χ4v) is 4.03. The van der Waals surface area contributed by atoms with E-state index >= 15 is 0 Å². The van der Waals surface area contributed by atoms with E-state index in [4.69, 9.17) is 14.8 Å². The maximum absolute atomic E-state index is 8.51. The quantitative estimate of drug-likeness (QED) is 0.847. The first-order chi connectivity index (χ1) is 9.86. The standard InChI is InChI=1S/C16H16N2O2/c17-7-8-19-13-5-3-10(4-6-13)15-14-11-1-2-12(9-11)16(14)20-18-15/h3-6,11-12,14,16H,1-2,8-9H2/t11-,12+,14+,16+/m0/s1. The van der Waals surface area contributed by atoms with Gasteiger partial charge in [0.2, 0.25) is 0 Å². The molecule has 4 nitrogen and oxygen atoms in total. The van der Waals surface area contributed by atoms with E-state index in [9.17, 15) is 0 Å². The van der Waals surface area contributed by atoms with E-state index in [1.165, 1.54) is 19.3 Å². The van der Waals surface area contributed by atoms with Crippen LogP contribution < -0.4 is 4.74 Å². The highest BCUT2D eigenvalue weighted by molar-refractivity contribution is 6.03. The largest absolute Gasteiger partial charge is 0.479 e. The molecule has 1 aromatic rings. The van der Waals surface area contributed by atoms with Gasteiger partial charge in [-0.15, -0.1) is 0 Å². The van der Waals surface area contributed by atoms with Crippen LogP contribution in [0.3, 0.4) is 0 Å². The van der Waals surface area contributed by atoms with Crippen LogP contribution in [0, 0.1) is 29.1 Å². The lowest BCUT2D eigenvalue weighted by molar-refractivity contribution is 0.0275. The Morgan fingerprint density at radius 3 is 2.85 bits per heavy atom. The number of benzene rings is 1. The number of ether oxygens (including phenoxy) is 1. The van der Waals surface area contributed by atoms with Gasteiger partial charge in [-0.1, -0.05) is 5.16 Å². The second-order valence-corrected chi connectivity index (χ2v) is 5.88. The van der Waals surface area contributed by atoms with Gasteiger partial charge in [0.25, 0.3) is 0 Å². The summed E-state index contributed by atoms with van der Waals surface area (Å²) in [7, 11) is 0. The van der Waals surface area contributed by atoms with Crippen molar-refractivity contribution in [1.29, 1.82) is 5.26 Å². The Balaban J connectivity index is 1.55. The molecule has 0 aromatic heterocycles. The van der Waals surface area contributed by atoms with Crippen molar-refractivity contribution in [2.24, 2.45) is 22.9 Å². The number of hydrogen-bond donors (Lipinski definition) is 0. The van der Waals surface area contributed by atoms with E-state index in [1.54, 1.807) is 0 Å². The Labute approximate surface area is 118 Å². The molecule has 4 atom stereocenters. The molecule has 2 fully saturated rings. The number of nitrogens with zero attached hydrogens (tertiary/aromatic N) is 2. The van der Waals surface area contributed by atoms with Crippen molar-refractivity contribution < 1.29 is 9.57 Å². The van der Waals surface area contributed by atoms with Crippen LogP contribution in [0.15, 0.2) is 29.4 Å². The average Bonchev–Trinajstić information content (AvgIpc) is 3.18. The molecule has 0 radical (unpaired) electrons. The number of hydrogen-bond acceptors (Lipinski definition) is 4. The van der Waals surface area contributed by atoms with E-state index in [1.807, 2.05) is 30.3 Å². The molecule has 2 aliphatic carbocycles. The molecule has 0 N–H and O–H groups in total. The summed E-state index contributed by atoms with van der Waals surface area (Å²) < 4.78 is 5.28. The number of nitriles is 1. The average molecular weight is 268 g/mol. The Morgan fingerprint density at radius 2 is 2.05 bits per heavy atom. The van der Waals surface area contributed by atoms with Crippen molar-refractivity contribution in [3.8, 4) is 11.8 Å². The SMILES string of the molecule is N#CCOc1ccc(C2=NO[C@@H]3[C@@H]4CC[C@@H](C4)[C@H]23)cc1. The molecule has 1 heterocycles. The topological polar surface area (TPSA) is 54.6 Å². The van der Waals surface area contributed by atoms with Crippen LogP contribution in [-0.2, 0) is 4.84 Å². The number of oxime groups is 1. The minimum absolute atomic E-state index is 0.0812. The second kappa shape index (κ2) is 4.52. The summed E-state index contributed by atoms with van der Waals surface area (Å²) in [6.07, 6.45) is 4.24. The van der Waals surface area contributed by atoms with Crippen molar-refractivity contribution in [2.45, 2.75) is 25.4 Å². The lowest BCUT2D eigenvalue weighted by Crippen LogP contribution is -2.29. The summed E-state index contributed by atoms with van der Waals surface area (Å²) in [5.74, 6) is 2.67. The summed E-state index contributed by atoms with van der Waals surface area (Å²) in [5.41, 5.74) is 2.23. The highest BCUT2D eigenvalue weighted by atomic mass is 16.6. The van der Waals surface area contributed by atoms with Gasteiger partial charge in [-0.05, 0) is 55.4 Å². The molecule has 102 valence electrons. The lowest BCUT2D eigenvalue weighted by Gasteiger charge is -2.23. The zero-order valence-electron chi connectivity index (χ0n) is 11.2. The fraction of sp³-hybridized carbons (Fsp3) is 0.500. The predicted octanol–water partition coefficient (Wildman–Crippen LogP) is 2.74. The van der Waals surface area contributed by atoms with Crippen molar-refractivity contribution in [1.82, 2.24) is 0 Å². The van der Waals surface area contributed by atoms with Gasteiger partial charge in [0.05, 0.1) is 5.71 Å². The maximum Gasteiger partial charge on any atom is 0.174 e. The molecule has 1 aliphatic heterocycles. The molecule has 4 heteroatoms. The number of fused-ring (bicyclic) bond motifs is 5. The summed E-state index contributed by atoms with van der Waals surface area (Å²) >= 11 is 0. The minimum Gasteiger partial charge on any atom is -0.479 e. The molecule has 2 saturated carbocycles. The normalized spacial score (nSPS) is 33.2. The Hall–Kier alpha value is -2.02. The Morgan fingerprint density at radius 1 is 1.25 bits per heavy atom. The van der Waals surface area contributed by atoms with E-state index in [0.717, 1.165) is 22.9 Å². The van der Waals surface area contributed by atoms with Gasteiger partial charge in [0.15, 0.2) is 6.61 Å². The first kappa shape index (κ1) is 11.8. The first-order valence-corrected chi connectivity index (χ1v) is 7.20. The fourth-order valence-electron chi connectivity index (χ4n) is 4.03. The smallest absolute Gasteiger partial charge is 0.174 e. The van der Waals surface area contributed by atoms with Gasteiger partial charge in [-0.2, -0.15) is 5.26 Å². The van der Waals surface area contributed by atoms with Gasteiger partial charge in [-0.3, -0.25) is 0 Å². The van der Waals surface area contributed by atoms with Crippen LogP contribution in [-0.4, -0.2) is 18.4 Å². The van der Waals surface area contributed by atoms with Gasteiger partial charge in [-0.25, -0.2) is 0 Å². The Kier molecular flexibility index (Phi) is 2.66. The van der Waals surface area contributed by atoms with Crippen molar-refractivity contribution >= 4 is 5.71 Å². The van der Waals surface area contributed by atoms with Crippen molar-refractivity contribution in [3.05, 3.63) is 29.8 Å². The lowest BCUT2D eigenvalue weighted by atomic mass is 9.81. The molecule has 0 spiro atoms. The van der Waals surface area contributed by atoms with Crippen LogP contribution in [0.25, 0.3) is 0 Å². The van der Waals surface area contributed by atoms with Crippen molar-refractivity contribution in [3.63, 3.8) is 0 Å². The predicted molar refractivity (Wildman–Crippen MR) is 73.3 cm³/mol. The van der Waals surface area contributed by atoms with Crippen molar-refractivity contribution in [2.75, 3.05) is 6.61 Å². The third-order valence-electron chi connectivity index (χ3n) is 4.88. The zero-order valence-corrected chi connectivity index (χ0v) is 11.2. The van der Waals surface area contributed by atoms with E-state index in [-0.39, 0.29) is 6.61 Å². The van der Waals surface area contributed by atoms with E-state index in [2.05, 4.69) is 5.16 Å². The Bertz CT molecular complexity index is 587. The minimum atomic E-state index is 0.0812. The summed E-state index contributed by atoms with van der Waals surface area (Å²) in [6, 6.07) is 9.80. The van der Waals surface area contributed by atoms with Crippen LogP contribution in [0.2, 0.25) is 0 Å². The molecule has 4 rings (SSSR count). The maximum atomic E-state index is 8.51. The molecular weight excluding hydrogens is 252 g/mol. The molecule has 3 aliphatic rings.